The average molecular weight is 444 g/mol. The number of nitrogens with zero attached hydrogens (tertiary/aromatic N) is 2. The van der Waals surface area contributed by atoms with Crippen LogP contribution < -0.4 is 14.8 Å². The summed E-state index contributed by atoms with van der Waals surface area (Å²) in [5.74, 6) is 3.28. The third kappa shape index (κ3) is 4.13. The molecule has 2 heterocycles. The van der Waals surface area contributed by atoms with E-state index in [4.69, 9.17) is 26.2 Å². The molecule has 0 aliphatic carbocycles. The van der Waals surface area contributed by atoms with Crippen LogP contribution in [-0.4, -0.2) is 28.9 Å². The monoisotopic (exact) mass is 443 g/mol. The molecule has 30 heavy (non-hydrogen) atoms. The van der Waals surface area contributed by atoms with Crippen LogP contribution in [-0.2, 0) is 11.5 Å². The van der Waals surface area contributed by atoms with E-state index in [1.807, 2.05) is 38.1 Å². The van der Waals surface area contributed by atoms with E-state index in [1.54, 1.807) is 34.6 Å². The molecule has 4 rings (SSSR count). The molecule has 6 nitrogen and oxygen atoms in total. The first kappa shape index (κ1) is 20.6. The van der Waals surface area contributed by atoms with E-state index in [9.17, 15) is 4.79 Å². The van der Waals surface area contributed by atoms with Crippen LogP contribution in [0, 0.1) is 0 Å². The summed E-state index contributed by atoms with van der Waals surface area (Å²) in [5, 5.41) is 8.43. The number of halogens is 1. The molecular weight excluding hydrogens is 422 g/mol. The number of carbonyl (C=O) groups excluding carboxylic acids is 1. The number of carbonyl (C=O) groups is 1. The Balaban J connectivity index is 1.66. The van der Waals surface area contributed by atoms with Gasteiger partial charge in [0.15, 0.2) is 11.5 Å². The van der Waals surface area contributed by atoms with E-state index >= 15 is 0 Å². The Hall–Kier alpha value is -2.64. The molecule has 1 N–H and O–H groups in total. The SMILES string of the molecule is CCOc1ccc(C(=O)Nc2c3c(nn2-c2ccc(Cl)cc2)CSC3)cc1OCC. The number of benzene rings is 2. The van der Waals surface area contributed by atoms with Crippen LogP contribution in [0.3, 0.4) is 0 Å². The van der Waals surface area contributed by atoms with Crippen molar-refractivity contribution in [2.75, 3.05) is 18.5 Å². The molecule has 0 atom stereocenters. The van der Waals surface area contributed by atoms with Crippen molar-refractivity contribution in [2.24, 2.45) is 0 Å². The number of fused-ring (bicyclic) bond motifs is 1. The molecule has 3 aromatic rings. The average Bonchev–Trinajstić information content (AvgIpc) is 3.33. The number of rotatable bonds is 7. The molecule has 2 aromatic carbocycles. The molecule has 0 unspecified atom stereocenters. The zero-order chi connectivity index (χ0) is 21.1. The standard InChI is InChI=1S/C22H22ClN3O3S/c1-3-28-19-10-5-14(11-20(19)29-4-2)22(27)24-21-17-12-30-13-18(17)25-26(21)16-8-6-15(23)7-9-16/h5-11H,3-4,12-13H2,1-2H3,(H,24,27). The Morgan fingerprint density at radius 2 is 1.83 bits per heavy atom. The van der Waals surface area contributed by atoms with E-state index in [-0.39, 0.29) is 5.91 Å². The molecule has 0 saturated heterocycles. The lowest BCUT2D eigenvalue weighted by atomic mass is 10.1. The third-order valence-corrected chi connectivity index (χ3v) is 5.88. The lowest BCUT2D eigenvalue weighted by Crippen LogP contribution is -2.16. The number of nitrogens with one attached hydrogen (secondary N) is 1. The molecule has 1 aliphatic heterocycles. The number of hydrogen-bond acceptors (Lipinski definition) is 5. The van der Waals surface area contributed by atoms with Crippen LogP contribution in [0.15, 0.2) is 42.5 Å². The summed E-state index contributed by atoms with van der Waals surface area (Å²) in [4.78, 5) is 13.1. The van der Waals surface area contributed by atoms with E-state index in [2.05, 4.69) is 5.32 Å². The van der Waals surface area contributed by atoms with Crippen molar-refractivity contribution in [3.63, 3.8) is 0 Å². The third-order valence-electron chi connectivity index (χ3n) is 4.66. The zero-order valence-electron chi connectivity index (χ0n) is 16.8. The Morgan fingerprint density at radius 3 is 2.57 bits per heavy atom. The van der Waals surface area contributed by atoms with Gasteiger partial charge in [0.2, 0.25) is 0 Å². The molecule has 0 bridgehead atoms. The van der Waals surface area contributed by atoms with E-state index in [0.29, 0.717) is 41.1 Å². The minimum absolute atomic E-state index is 0.228. The van der Waals surface area contributed by atoms with Gasteiger partial charge in [0.25, 0.3) is 5.91 Å². The molecule has 8 heteroatoms. The Labute approximate surface area is 184 Å². The van der Waals surface area contributed by atoms with Crippen molar-refractivity contribution in [1.29, 1.82) is 0 Å². The van der Waals surface area contributed by atoms with Crippen LogP contribution in [0.1, 0.15) is 35.5 Å². The smallest absolute Gasteiger partial charge is 0.256 e. The van der Waals surface area contributed by atoms with Gasteiger partial charge in [0, 0.05) is 27.7 Å². The van der Waals surface area contributed by atoms with Gasteiger partial charge < -0.3 is 14.8 Å². The summed E-state index contributed by atoms with van der Waals surface area (Å²) in [6.45, 7) is 4.82. The summed E-state index contributed by atoms with van der Waals surface area (Å²) >= 11 is 7.81. The fourth-order valence-electron chi connectivity index (χ4n) is 3.28. The summed E-state index contributed by atoms with van der Waals surface area (Å²) in [5.41, 5.74) is 3.38. The van der Waals surface area contributed by atoms with E-state index in [1.165, 1.54) is 0 Å². The molecule has 156 valence electrons. The van der Waals surface area contributed by atoms with Gasteiger partial charge in [0.05, 0.1) is 24.6 Å². The summed E-state index contributed by atoms with van der Waals surface area (Å²) in [6, 6.07) is 12.6. The number of hydrogen-bond donors (Lipinski definition) is 1. The number of anilines is 1. The maximum atomic E-state index is 13.1. The normalized spacial score (nSPS) is 12.5. The highest BCUT2D eigenvalue weighted by molar-refractivity contribution is 7.98. The van der Waals surface area contributed by atoms with Crippen molar-refractivity contribution in [3.05, 3.63) is 64.3 Å². The second kappa shape index (κ2) is 9.02. The molecular formula is C22H22ClN3O3S. The summed E-state index contributed by atoms with van der Waals surface area (Å²) < 4.78 is 13.0. The van der Waals surface area contributed by atoms with Crippen molar-refractivity contribution in [2.45, 2.75) is 25.4 Å². The number of amides is 1. The van der Waals surface area contributed by atoms with Crippen LogP contribution in [0.5, 0.6) is 11.5 Å². The largest absolute Gasteiger partial charge is 0.490 e. The fraction of sp³-hybridized carbons (Fsp3) is 0.273. The second-order valence-electron chi connectivity index (χ2n) is 6.64. The van der Waals surface area contributed by atoms with Crippen LogP contribution in [0.2, 0.25) is 5.02 Å². The minimum atomic E-state index is -0.228. The van der Waals surface area contributed by atoms with Gasteiger partial charge in [-0.15, -0.1) is 0 Å². The fourth-order valence-corrected chi connectivity index (χ4v) is 4.44. The summed E-state index contributed by atoms with van der Waals surface area (Å²) in [7, 11) is 0. The summed E-state index contributed by atoms with van der Waals surface area (Å²) in [6.07, 6.45) is 0. The number of thioether (sulfide) groups is 1. The Kier molecular flexibility index (Phi) is 6.20. The lowest BCUT2D eigenvalue weighted by molar-refractivity contribution is 0.102. The zero-order valence-corrected chi connectivity index (χ0v) is 18.3. The molecule has 0 fully saturated rings. The Bertz CT molecular complexity index is 1070. The van der Waals surface area contributed by atoms with Crippen molar-refractivity contribution in [1.82, 2.24) is 9.78 Å². The van der Waals surface area contributed by atoms with E-state index in [0.717, 1.165) is 28.5 Å². The van der Waals surface area contributed by atoms with Gasteiger partial charge in [-0.2, -0.15) is 16.9 Å². The van der Waals surface area contributed by atoms with Crippen LogP contribution >= 0.6 is 23.4 Å². The van der Waals surface area contributed by atoms with Gasteiger partial charge >= 0.3 is 0 Å². The second-order valence-corrected chi connectivity index (χ2v) is 8.06. The van der Waals surface area contributed by atoms with Gasteiger partial charge in [-0.1, -0.05) is 11.6 Å². The molecule has 0 radical (unpaired) electrons. The van der Waals surface area contributed by atoms with Crippen LogP contribution in [0.4, 0.5) is 5.82 Å². The first-order valence-electron chi connectivity index (χ1n) is 9.76. The highest BCUT2D eigenvalue weighted by Gasteiger charge is 2.25. The van der Waals surface area contributed by atoms with Gasteiger partial charge in [-0.3, -0.25) is 4.79 Å². The molecule has 1 aliphatic rings. The van der Waals surface area contributed by atoms with E-state index < -0.39 is 0 Å². The highest BCUT2D eigenvalue weighted by Crippen LogP contribution is 2.37. The Morgan fingerprint density at radius 1 is 1.10 bits per heavy atom. The van der Waals surface area contributed by atoms with Crippen molar-refractivity contribution < 1.29 is 14.3 Å². The molecule has 0 saturated carbocycles. The predicted molar refractivity (Wildman–Crippen MR) is 120 cm³/mol. The molecule has 1 aromatic heterocycles. The van der Waals surface area contributed by atoms with Crippen molar-refractivity contribution in [3.8, 4) is 17.2 Å². The predicted octanol–water partition coefficient (Wildman–Crippen LogP) is 5.32. The van der Waals surface area contributed by atoms with Gasteiger partial charge in [-0.05, 0) is 56.3 Å². The minimum Gasteiger partial charge on any atom is -0.490 e. The van der Waals surface area contributed by atoms with Crippen molar-refractivity contribution >= 4 is 35.1 Å². The quantitative estimate of drug-likeness (QED) is 0.535. The number of ether oxygens (including phenoxy) is 2. The first-order valence-corrected chi connectivity index (χ1v) is 11.3. The molecule has 0 spiro atoms. The number of aromatic nitrogens is 2. The lowest BCUT2D eigenvalue weighted by Gasteiger charge is -2.14. The highest BCUT2D eigenvalue weighted by atomic mass is 35.5. The van der Waals surface area contributed by atoms with Crippen LogP contribution in [0.25, 0.3) is 5.69 Å². The maximum absolute atomic E-state index is 13.1. The first-order chi connectivity index (χ1) is 14.6. The van der Waals surface area contributed by atoms with Gasteiger partial charge in [-0.25, -0.2) is 4.68 Å². The van der Waals surface area contributed by atoms with Gasteiger partial charge in [0.1, 0.15) is 5.82 Å². The molecule has 1 amide bonds. The topological polar surface area (TPSA) is 65.4 Å². The maximum Gasteiger partial charge on any atom is 0.256 e.